The van der Waals surface area contributed by atoms with Crippen LogP contribution < -0.4 is 0 Å². The first-order valence-corrected chi connectivity index (χ1v) is 6.53. The summed E-state index contributed by atoms with van der Waals surface area (Å²) in [6.45, 7) is 1.72. The van der Waals surface area contributed by atoms with Crippen LogP contribution in [0.25, 0.3) is 10.2 Å². The molecule has 2 rings (SSSR count). The molecule has 2 heterocycles. The van der Waals surface area contributed by atoms with Crippen LogP contribution in [0.5, 0.6) is 0 Å². The van der Waals surface area contributed by atoms with E-state index in [0.717, 1.165) is 16.6 Å². The average Bonchev–Trinajstić information content (AvgIpc) is 2.77. The lowest BCUT2D eigenvalue weighted by Crippen LogP contribution is -2.02. The van der Waals surface area contributed by atoms with Crippen LogP contribution in [-0.2, 0) is 16.1 Å². The van der Waals surface area contributed by atoms with Gasteiger partial charge in [-0.15, -0.1) is 11.3 Å². The van der Waals surface area contributed by atoms with Crippen molar-refractivity contribution in [3.05, 3.63) is 22.4 Å². The third kappa shape index (κ3) is 3.35. The highest BCUT2D eigenvalue weighted by Crippen LogP contribution is 2.24. The molecule has 17 heavy (non-hydrogen) atoms. The number of halogens is 1. The molecule has 0 saturated carbocycles. The molecule has 0 N–H and O–H groups in total. The summed E-state index contributed by atoms with van der Waals surface area (Å²) < 4.78 is 10.4. The predicted molar refractivity (Wildman–Crippen MR) is 68.6 cm³/mol. The molecule has 92 valence electrons. The summed E-state index contributed by atoms with van der Waals surface area (Å²) in [5.74, 6) is 0.627. The van der Waals surface area contributed by atoms with Gasteiger partial charge in [-0.05, 0) is 17.9 Å². The molecule has 0 radical (unpaired) electrons. The third-order valence-corrected chi connectivity index (χ3v) is 3.29. The van der Waals surface area contributed by atoms with Crippen LogP contribution in [0.1, 0.15) is 12.2 Å². The Bertz CT molecular complexity index is 489. The highest BCUT2D eigenvalue weighted by molar-refractivity contribution is 7.16. The van der Waals surface area contributed by atoms with Gasteiger partial charge in [0, 0.05) is 25.7 Å². The molecule has 0 fully saturated rings. The Labute approximate surface area is 109 Å². The van der Waals surface area contributed by atoms with Crippen molar-refractivity contribution in [1.29, 1.82) is 0 Å². The summed E-state index contributed by atoms with van der Waals surface area (Å²) in [6, 6.07) is 1.92. The molecule has 6 heteroatoms. The van der Waals surface area contributed by atoms with Gasteiger partial charge in [0.15, 0.2) is 5.82 Å². The fraction of sp³-hybridized carbons (Fsp3) is 0.455. The lowest BCUT2D eigenvalue weighted by atomic mass is 10.4. The third-order valence-electron chi connectivity index (χ3n) is 2.19. The van der Waals surface area contributed by atoms with Crippen LogP contribution in [0.4, 0.5) is 0 Å². The summed E-state index contributed by atoms with van der Waals surface area (Å²) in [7, 11) is 1.67. The highest BCUT2D eigenvalue weighted by Gasteiger charge is 2.06. The summed E-state index contributed by atoms with van der Waals surface area (Å²) in [5.41, 5.74) is 0. The lowest BCUT2D eigenvalue weighted by molar-refractivity contribution is 0.0892. The minimum atomic E-state index is 0.386. The largest absolute Gasteiger partial charge is 0.385 e. The first-order valence-electron chi connectivity index (χ1n) is 5.27. The summed E-state index contributed by atoms with van der Waals surface area (Å²) in [5, 5.41) is 3.35. The number of hydrogen-bond donors (Lipinski definition) is 0. The Balaban J connectivity index is 1.94. The number of methoxy groups -OCH3 is 1. The maximum atomic E-state index is 6.05. The van der Waals surface area contributed by atoms with Gasteiger partial charge in [-0.2, -0.15) is 0 Å². The first-order chi connectivity index (χ1) is 8.31. The van der Waals surface area contributed by atoms with E-state index in [9.17, 15) is 0 Å². The monoisotopic (exact) mass is 272 g/mol. The van der Waals surface area contributed by atoms with Crippen molar-refractivity contribution in [2.45, 2.75) is 13.0 Å². The van der Waals surface area contributed by atoms with Gasteiger partial charge in [0.1, 0.15) is 16.6 Å². The summed E-state index contributed by atoms with van der Waals surface area (Å²) in [6.07, 6.45) is 0.867. The Hall–Kier alpha value is -0.750. The van der Waals surface area contributed by atoms with Crippen LogP contribution in [0.2, 0.25) is 5.15 Å². The van der Waals surface area contributed by atoms with Crippen molar-refractivity contribution in [3.63, 3.8) is 0 Å². The molecule has 0 aromatic carbocycles. The quantitative estimate of drug-likeness (QED) is 0.599. The first kappa shape index (κ1) is 12.7. The molecule has 0 aliphatic carbocycles. The van der Waals surface area contributed by atoms with Crippen LogP contribution in [0, 0.1) is 0 Å². The molecule has 2 aromatic heterocycles. The van der Waals surface area contributed by atoms with Gasteiger partial charge in [0.25, 0.3) is 0 Å². The van der Waals surface area contributed by atoms with E-state index in [4.69, 9.17) is 21.1 Å². The smallest absolute Gasteiger partial charge is 0.157 e. The van der Waals surface area contributed by atoms with Crippen LogP contribution in [0.3, 0.4) is 0 Å². The zero-order chi connectivity index (χ0) is 12.1. The predicted octanol–water partition coefficient (Wildman–Crippen LogP) is 2.90. The second-order valence-corrected chi connectivity index (χ2v) is 4.72. The molecule has 0 atom stereocenters. The maximum absolute atomic E-state index is 6.05. The standard InChI is InChI=1S/C11H13ClN2O2S/c1-15-4-2-5-16-7-9-13-10(12)8-3-6-17-11(8)14-9/h3,6H,2,4-5,7H2,1H3. The highest BCUT2D eigenvalue weighted by atomic mass is 35.5. The minimum absolute atomic E-state index is 0.386. The number of fused-ring (bicyclic) bond motifs is 1. The number of hydrogen-bond acceptors (Lipinski definition) is 5. The number of nitrogens with zero attached hydrogens (tertiary/aromatic N) is 2. The van der Waals surface area contributed by atoms with Crippen molar-refractivity contribution < 1.29 is 9.47 Å². The summed E-state index contributed by atoms with van der Waals surface area (Å²) in [4.78, 5) is 9.48. The van der Waals surface area contributed by atoms with Gasteiger partial charge in [0.2, 0.25) is 0 Å². The topological polar surface area (TPSA) is 44.2 Å². The molecular weight excluding hydrogens is 260 g/mol. The second-order valence-electron chi connectivity index (χ2n) is 3.47. The van der Waals surface area contributed by atoms with E-state index < -0.39 is 0 Å². The van der Waals surface area contributed by atoms with Gasteiger partial charge in [-0.1, -0.05) is 11.6 Å². The van der Waals surface area contributed by atoms with Gasteiger partial charge < -0.3 is 9.47 Å². The minimum Gasteiger partial charge on any atom is -0.385 e. The van der Waals surface area contributed by atoms with Crippen molar-refractivity contribution in [1.82, 2.24) is 9.97 Å². The lowest BCUT2D eigenvalue weighted by Gasteiger charge is -2.03. The molecule has 0 saturated heterocycles. The van der Waals surface area contributed by atoms with E-state index in [-0.39, 0.29) is 0 Å². The van der Waals surface area contributed by atoms with Crippen LogP contribution in [0.15, 0.2) is 11.4 Å². The maximum Gasteiger partial charge on any atom is 0.157 e. The molecule has 0 amide bonds. The molecule has 2 aromatic rings. The van der Waals surface area contributed by atoms with Gasteiger partial charge in [-0.3, -0.25) is 0 Å². The van der Waals surface area contributed by atoms with E-state index in [1.54, 1.807) is 18.4 Å². The summed E-state index contributed by atoms with van der Waals surface area (Å²) >= 11 is 7.60. The molecule has 0 aliphatic rings. The zero-order valence-corrected chi connectivity index (χ0v) is 11.1. The SMILES string of the molecule is COCCCOCc1nc(Cl)c2ccsc2n1. The zero-order valence-electron chi connectivity index (χ0n) is 9.48. The van der Waals surface area contributed by atoms with Crippen LogP contribution >= 0.6 is 22.9 Å². The van der Waals surface area contributed by atoms with Gasteiger partial charge in [0.05, 0.1) is 0 Å². The number of aromatic nitrogens is 2. The number of thiophene rings is 1. The van der Waals surface area contributed by atoms with Crippen molar-refractivity contribution in [2.75, 3.05) is 20.3 Å². The van der Waals surface area contributed by atoms with Crippen molar-refractivity contribution in [3.8, 4) is 0 Å². The van der Waals surface area contributed by atoms with E-state index in [2.05, 4.69) is 9.97 Å². The second kappa shape index (κ2) is 6.26. The van der Waals surface area contributed by atoms with Crippen molar-refractivity contribution in [2.24, 2.45) is 0 Å². The molecule has 0 bridgehead atoms. The molecule has 0 spiro atoms. The fourth-order valence-corrected chi connectivity index (χ4v) is 2.48. The van der Waals surface area contributed by atoms with E-state index in [0.29, 0.717) is 30.8 Å². The van der Waals surface area contributed by atoms with Gasteiger partial charge >= 0.3 is 0 Å². The van der Waals surface area contributed by atoms with E-state index >= 15 is 0 Å². The molecule has 0 unspecified atom stereocenters. The Morgan fingerprint density at radius 2 is 2.24 bits per heavy atom. The van der Waals surface area contributed by atoms with E-state index in [1.807, 2.05) is 11.4 Å². The van der Waals surface area contributed by atoms with E-state index in [1.165, 1.54) is 0 Å². The van der Waals surface area contributed by atoms with Crippen molar-refractivity contribution >= 4 is 33.2 Å². The Morgan fingerprint density at radius 3 is 3.06 bits per heavy atom. The Morgan fingerprint density at radius 1 is 1.35 bits per heavy atom. The molecule has 4 nitrogen and oxygen atoms in total. The number of ether oxygens (including phenoxy) is 2. The number of rotatable bonds is 6. The molecular formula is C11H13ClN2O2S. The van der Waals surface area contributed by atoms with Gasteiger partial charge in [-0.25, -0.2) is 9.97 Å². The average molecular weight is 273 g/mol. The Kier molecular flexibility index (Phi) is 4.67. The fourth-order valence-electron chi connectivity index (χ4n) is 1.39. The molecule has 0 aliphatic heterocycles. The normalized spacial score (nSPS) is 11.2. The van der Waals surface area contributed by atoms with Crippen LogP contribution in [-0.4, -0.2) is 30.3 Å².